The van der Waals surface area contributed by atoms with Gasteiger partial charge in [0.2, 0.25) is 0 Å². The summed E-state index contributed by atoms with van der Waals surface area (Å²) < 4.78 is 0. The maximum absolute atomic E-state index is 11.4. The van der Waals surface area contributed by atoms with E-state index < -0.39 is 11.4 Å². The van der Waals surface area contributed by atoms with Gasteiger partial charge in [0.15, 0.2) is 0 Å². The zero-order chi connectivity index (χ0) is 12.2. The quantitative estimate of drug-likeness (QED) is 0.758. The molecule has 1 fully saturated rings. The van der Waals surface area contributed by atoms with Crippen LogP contribution >= 0.6 is 0 Å². The van der Waals surface area contributed by atoms with Crippen molar-refractivity contribution in [2.24, 2.45) is 5.41 Å². The number of hydrogen-bond donors (Lipinski definition) is 1. The third-order valence-corrected chi connectivity index (χ3v) is 4.31. The molecular formula is C13H25NO2. The molecule has 16 heavy (non-hydrogen) atoms. The van der Waals surface area contributed by atoms with Gasteiger partial charge in [0, 0.05) is 12.6 Å². The van der Waals surface area contributed by atoms with Crippen molar-refractivity contribution in [1.29, 1.82) is 0 Å². The van der Waals surface area contributed by atoms with Crippen molar-refractivity contribution in [3.63, 3.8) is 0 Å². The third-order valence-electron chi connectivity index (χ3n) is 4.31. The van der Waals surface area contributed by atoms with E-state index in [9.17, 15) is 9.90 Å². The summed E-state index contributed by atoms with van der Waals surface area (Å²) in [6, 6.07) is 0.608. The molecule has 0 aliphatic heterocycles. The molecule has 3 heteroatoms. The number of carbonyl (C=O) groups is 1. The van der Waals surface area contributed by atoms with E-state index in [1.807, 2.05) is 13.8 Å². The second-order valence-corrected chi connectivity index (χ2v) is 5.15. The summed E-state index contributed by atoms with van der Waals surface area (Å²) in [7, 11) is 2.08. The van der Waals surface area contributed by atoms with Crippen molar-refractivity contribution in [2.75, 3.05) is 13.6 Å². The second kappa shape index (κ2) is 5.67. The fourth-order valence-electron chi connectivity index (χ4n) is 2.80. The predicted octanol–water partition coefficient (Wildman–Crippen LogP) is 2.75. The average molecular weight is 227 g/mol. The molecule has 0 aromatic heterocycles. The summed E-state index contributed by atoms with van der Waals surface area (Å²) in [6.45, 7) is 4.67. The first kappa shape index (κ1) is 13.5. The van der Waals surface area contributed by atoms with Gasteiger partial charge in [0.25, 0.3) is 0 Å². The van der Waals surface area contributed by atoms with Gasteiger partial charge in [0.05, 0.1) is 5.41 Å². The van der Waals surface area contributed by atoms with Gasteiger partial charge in [-0.05, 0) is 32.7 Å². The zero-order valence-corrected chi connectivity index (χ0v) is 10.8. The molecule has 0 saturated heterocycles. The Morgan fingerprint density at radius 3 is 2.19 bits per heavy atom. The molecule has 1 aliphatic carbocycles. The van der Waals surface area contributed by atoms with Crippen LogP contribution in [0, 0.1) is 5.41 Å². The monoisotopic (exact) mass is 227 g/mol. The predicted molar refractivity (Wildman–Crippen MR) is 65.5 cm³/mol. The highest BCUT2D eigenvalue weighted by atomic mass is 16.4. The molecule has 0 atom stereocenters. The largest absolute Gasteiger partial charge is 0.481 e. The van der Waals surface area contributed by atoms with Crippen LogP contribution in [0.15, 0.2) is 0 Å². The molecule has 0 spiro atoms. The van der Waals surface area contributed by atoms with Crippen molar-refractivity contribution < 1.29 is 9.90 Å². The molecule has 0 bridgehead atoms. The molecule has 0 radical (unpaired) electrons. The zero-order valence-electron chi connectivity index (χ0n) is 10.8. The molecule has 0 aromatic carbocycles. The summed E-state index contributed by atoms with van der Waals surface area (Å²) in [6.07, 6.45) is 6.51. The van der Waals surface area contributed by atoms with Crippen LogP contribution < -0.4 is 0 Å². The number of carboxylic acid groups (broad SMARTS) is 1. The van der Waals surface area contributed by atoms with E-state index >= 15 is 0 Å². The second-order valence-electron chi connectivity index (χ2n) is 5.15. The van der Waals surface area contributed by atoms with Gasteiger partial charge < -0.3 is 10.0 Å². The van der Waals surface area contributed by atoms with Gasteiger partial charge in [0.1, 0.15) is 0 Å². The minimum absolute atomic E-state index is 0.544. The van der Waals surface area contributed by atoms with Crippen molar-refractivity contribution in [2.45, 2.75) is 58.4 Å². The molecule has 0 aromatic rings. The Hall–Kier alpha value is -0.570. The Morgan fingerprint density at radius 1 is 1.31 bits per heavy atom. The number of rotatable bonds is 6. The Bertz CT molecular complexity index is 230. The van der Waals surface area contributed by atoms with Crippen LogP contribution in [0.25, 0.3) is 0 Å². The van der Waals surface area contributed by atoms with Crippen LogP contribution in [-0.4, -0.2) is 35.6 Å². The molecule has 1 saturated carbocycles. The van der Waals surface area contributed by atoms with E-state index in [1.165, 1.54) is 25.7 Å². The molecule has 3 nitrogen and oxygen atoms in total. The maximum atomic E-state index is 11.4. The first-order chi connectivity index (χ1) is 7.55. The fourth-order valence-corrected chi connectivity index (χ4v) is 2.80. The number of nitrogens with zero attached hydrogens (tertiary/aromatic N) is 1. The van der Waals surface area contributed by atoms with E-state index in [2.05, 4.69) is 11.9 Å². The van der Waals surface area contributed by atoms with E-state index in [1.54, 1.807) is 0 Å². The van der Waals surface area contributed by atoms with Gasteiger partial charge in [-0.15, -0.1) is 0 Å². The third kappa shape index (κ3) is 2.76. The maximum Gasteiger partial charge on any atom is 0.310 e. The smallest absolute Gasteiger partial charge is 0.310 e. The summed E-state index contributed by atoms with van der Waals surface area (Å²) in [5.74, 6) is -0.637. The van der Waals surface area contributed by atoms with Crippen molar-refractivity contribution in [3.05, 3.63) is 0 Å². The van der Waals surface area contributed by atoms with E-state index in [0.717, 1.165) is 12.8 Å². The highest BCUT2D eigenvalue weighted by molar-refractivity contribution is 5.74. The summed E-state index contributed by atoms with van der Waals surface area (Å²) >= 11 is 0. The number of aliphatic carboxylic acids is 1. The van der Waals surface area contributed by atoms with Crippen LogP contribution in [0.1, 0.15) is 52.4 Å². The van der Waals surface area contributed by atoms with Crippen LogP contribution in [0.3, 0.4) is 0 Å². The number of hydrogen-bond acceptors (Lipinski definition) is 2. The molecule has 1 rings (SSSR count). The molecule has 0 amide bonds. The van der Waals surface area contributed by atoms with Crippen LogP contribution in [0.2, 0.25) is 0 Å². The lowest BCUT2D eigenvalue weighted by molar-refractivity contribution is -0.151. The molecular weight excluding hydrogens is 202 g/mol. The fraction of sp³-hybridized carbons (Fsp3) is 0.923. The van der Waals surface area contributed by atoms with Gasteiger partial charge in [-0.25, -0.2) is 0 Å². The Balaban J connectivity index is 2.63. The van der Waals surface area contributed by atoms with Crippen molar-refractivity contribution >= 4 is 5.97 Å². The van der Waals surface area contributed by atoms with Crippen LogP contribution in [0.5, 0.6) is 0 Å². The highest BCUT2D eigenvalue weighted by Gasteiger charge is 2.37. The topological polar surface area (TPSA) is 40.5 Å². The summed E-state index contributed by atoms with van der Waals surface area (Å²) in [5, 5.41) is 9.39. The van der Waals surface area contributed by atoms with Crippen molar-refractivity contribution in [3.8, 4) is 0 Å². The minimum Gasteiger partial charge on any atom is -0.481 e. The lowest BCUT2D eigenvalue weighted by atomic mass is 9.81. The van der Waals surface area contributed by atoms with E-state index in [-0.39, 0.29) is 0 Å². The first-order valence-corrected chi connectivity index (χ1v) is 6.49. The minimum atomic E-state index is -0.637. The van der Waals surface area contributed by atoms with Gasteiger partial charge in [-0.1, -0.05) is 26.7 Å². The van der Waals surface area contributed by atoms with Crippen LogP contribution in [0.4, 0.5) is 0 Å². The molecule has 0 unspecified atom stereocenters. The summed E-state index contributed by atoms with van der Waals surface area (Å²) in [4.78, 5) is 13.7. The SMILES string of the molecule is CCC(CC)(CN(C)C1CCCC1)C(=O)O. The van der Waals surface area contributed by atoms with E-state index in [4.69, 9.17) is 0 Å². The molecule has 1 N–H and O–H groups in total. The Morgan fingerprint density at radius 2 is 1.81 bits per heavy atom. The van der Waals surface area contributed by atoms with Gasteiger partial charge >= 0.3 is 5.97 Å². The lowest BCUT2D eigenvalue weighted by Crippen LogP contribution is -2.44. The molecule has 1 aliphatic rings. The number of carboxylic acids is 1. The standard InChI is InChI=1S/C13H25NO2/c1-4-13(5-2,12(15)16)10-14(3)11-8-6-7-9-11/h11H,4-10H2,1-3H3,(H,15,16). The van der Waals surface area contributed by atoms with E-state index in [0.29, 0.717) is 12.6 Å². The normalized spacial score (nSPS) is 18.2. The summed E-state index contributed by atoms with van der Waals surface area (Å²) in [5.41, 5.74) is -0.544. The highest BCUT2D eigenvalue weighted by Crippen LogP contribution is 2.31. The molecule has 94 valence electrons. The Kier molecular flexibility index (Phi) is 4.78. The van der Waals surface area contributed by atoms with Crippen LogP contribution in [-0.2, 0) is 4.79 Å². The average Bonchev–Trinajstić information content (AvgIpc) is 2.78. The lowest BCUT2D eigenvalue weighted by Gasteiger charge is -2.34. The Labute approximate surface area is 98.8 Å². The van der Waals surface area contributed by atoms with Crippen molar-refractivity contribution in [1.82, 2.24) is 4.90 Å². The van der Waals surface area contributed by atoms with Gasteiger partial charge in [-0.2, -0.15) is 0 Å². The first-order valence-electron chi connectivity index (χ1n) is 6.49. The molecule has 0 heterocycles. The van der Waals surface area contributed by atoms with Gasteiger partial charge in [-0.3, -0.25) is 4.79 Å².